The Morgan fingerprint density at radius 3 is 2.71 bits per heavy atom. The van der Waals surface area contributed by atoms with Crippen LogP contribution in [0.25, 0.3) is 22.0 Å². The molecule has 2 aromatic heterocycles. The Bertz CT molecular complexity index is 1130. The number of aromatic nitrogens is 3. The van der Waals surface area contributed by atoms with Crippen LogP contribution in [0.2, 0.25) is 0 Å². The maximum atomic E-state index is 13.2. The van der Waals surface area contributed by atoms with Gasteiger partial charge >= 0.3 is 6.18 Å². The van der Waals surface area contributed by atoms with E-state index in [0.29, 0.717) is 18.6 Å². The number of hydrogen-bond donors (Lipinski definition) is 1. The number of carbonyl (C=O) groups excluding carboxylic acids is 1. The molecular formula is C21H22F3N5O2. The molecule has 2 N–H and O–H groups in total. The van der Waals surface area contributed by atoms with Gasteiger partial charge in [0.25, 0.3) is 5.91 Å². The van der Waals surface area contributed by atoms with Crippen LogP contribution in [0.1, 0.15) is 23.0 Å². The molecule has 1 aliphatic rings. The molecule has 0 aliphatic carbocycles. The number of ether oxygens (including phenoxy) is 1. The summed E-state index contributed by atoms with van der Waals surface area (Å²) in [5, 5.41) is 4.97. The van der Waals surface area contributed by atoms with Crippen molar-refractivity contribution in [2.75, 3.05) is 13.1 Å². The molecule has 1 aliphatic heterocycles. The van der Waals surface area contributed by atoms with Crippen LogP contribution in [0.3, 0.4) is 0 Å². The molecule has 4 rings (SSSR count). The van der Waals surface area contributed by atoms with Gasteiger partial charge in [-0.05, 0) is 30.2 Å². The lowest BCUT2D eigenvalue weighted by Crippen LogP contribution is -2.51. The first kappa shape index (κ1) is 21.3. The minimum Gasteiger partial charge on any atom is -0.364 e. The van der Waals surface area contributed by atoms with Crippen LogP contribution in [0.4, 0.5) is 13.2 Å². The first-order chi connectivity index (χ1) is 14.6. The van der Waals surface area contributed by atoms with E-state index >= 15 is 0 Å². The highest BCUT2D eigenvalue weighted by atomic mass is 19.4. The Morgan fingerprint density at radius 2 is 2.06 bits per heavy atom. The lowest BCUT2D eigenvalue weighted by atomic mass is 10.0. The summed E-state index contributed by atoms with van der Waals surface area (Å²) in [4.78, 5) is 17.9. The predicted molar refractivity (Wildman–Crippen MR) is 108 cm³/mol. The number of alkyl halides is 3. The number of nitrogens with zero attached hydrogens (tertiary/aromatic N) is 4. The third kappa shape index (κ3) is 4.54. The number of morpholine rings is 1. The van der Waals surface area contributed by atoms with Gasteiger partial charge in [0, 0.05) is 43.8 Å². The Labute approximate surface area is 176 Å². The Morgan fingerprint density at radius 1 is 1.29 bits per heavy atom. The number of aryl methyl sites for hydroxylation is 1. The van der Waals surface area contributed by atoms with Crippen LogP contribution in [-0.4, -0.2) is 57.0 Å². The smallest absolute Gasteiger partial charge is 0.364 e. The molecule has 3 aromatic rings. The summed E-state index contributed by atoms with van der Waals surface area (Å²) in [5.41, 5.74) is 8.47. The van der Waals surface area contributed by atoms with Gasteiger partial charge < -0.3 is 10.5 Å². The zero-order chi connectivity index (χ0) is 22.3. The van der Waals surface area contributed by atoms with Crippen molar-refractivity contribution in [1.82, 2.24) is 19.7 Å². The van der Waals surface area contributed by atoms with Crippen molar-refractivity contribution in [3.05, 3.63) is 47.9 Å². The zero-order valence-corrected chi connectivity index (χ0v) is 17.1. The molecule has 1 aromatic carbocycles. The molecule has 164 valence electrons. The van der Waals surface area contributed by atoms with Crippen LogP contribution in [0, 0.1) is 0 Å². The molecule has 1 amide bonds. The molecule has 1 saturated heterocycles. The fraction of sp³-hybridized carbons (Fsp3) is 0.381. The van der Waals surface area contributed by atoms with Crippen molar-refractivity contribution >= 4 is 16.8 Å². The predicted octanol–water partition coefficient (Wildman–Crippen LogP) is 2.89. The summed E-state index contributed by atoms with van der Waals surface area (Å²) in [6.45, 7) is 2.09. The second-order valence-corrected chi connectivity index (χ2v) is 7.84. The average molecular weight is 433 g/mol. The van der Waals surface area contributed by atoms with Gasteiger partial charge in [-0.25, -0.2) is 4.98 Å². The standard InChI is InChI=1S/C21H22F3N5O2/c1-12-8-29(11-19(31-12)21(22,23)24)9-13-3-4-15-16(14-7-26-28(2)10-14)6-18(20(25)30)27-17(15)5-13/h3-7,10,12,19H,8-9,11H2,1-2H3,(H2,25,30)/t12-,19+/m0/s1. The van der Waals surface area contributed by atoms with Crippen molar-refractivity contribution in [3.63, 3.8) is 0 Å². The maximum Gasteiger partial charge on any atom is 0.415 e. The highest BCUT2D eigenvalue weighted by Crippen LogP contribution is 2.31. The number of rotatable bonds is 4. The van der Waals surface area contributed by atoms with Crippen molar-refractivity contribution in [3.8, 4) is 11.1 Å². The van der Waals surface area contributed by atoms with E-state index in [1.807, 2.05) is 18.3 Å². The maximum absolute atomic E-state index is 13.2. The summed E-state index contributed by atoms with van der Waals surface area (Å²) in [6.07, 6.45) is -3.25. The normalized spacial score (nSPS) is 20.3. The summed E-state index contributed by atoms with van der Waals surface area (Å²) in [6, 6.07) is 7.12. The number of carbonyl (C=O) groups is 1. The highest BCUT2D eigenvalue weighted by Gasteiger charge is 2.44. The van der Waals surface area contributed by atoms with E-state index in [4.69, 9.17) is 10.5 Å². The van der Waals surface area contributed by atoms with Crippen LogP contribution < -0.4 is 5.73 Å². The third-order valence-electron chi connectivity index (χ3n) is 5.25. The molecule has 7 nitrogen and oxygen atoms in total. The van der Waals surface area contributed by atoms with E-state index in [1.165, 1.54) is 0 Å². The lowest BCUT2D eigenvalue weighted by molar-refractivity contribution is -0.252. The van der Waals surface area contributed by atoms with Gasteiger partial charge in [0.15, 0.2) is 6.10 Å². The van der Waals surface area contributed by atoms with Gasteiger partial charge in [-0.3, -0.25) is 14.4 Å². The average Bonchev–Trinajstić information content (AvgIpc) is 3.12. The summed E-state index contributed by atoms with van der Waals surface area (Å²) in [7, 11) is 1.79. The van der Waals surface area contributed by atoms with E-state index in [9.17, 15) is 18.0 Å². The number of benzene rings is 1. The molecule has 0 bridgehead atoms. The lowest BCUT2D eigenvalue weighted by Gasteiger charge is -2.37. The second-order valence-electron chi connectivity index (χ2n) is 7.84. The van der Waals surface area contributed by atoms with E-state index in [-0.39, 0.29) is 12.2 Å². The van der Waals surface area contributed by atoms with E-state index in [2.05, 4.69) is 10.1 Å². The second kappa shape index (κ2) is 7.93. The molecule has 10 heteroatoms. The number of halogens is 3. The van der Waals surface area contributed by atoms with Crippen molar-refractivity contribution < 1.29 is 22.7 Å². The summed E-state index contributed by atoms with van der Waals surface area (Å²) < 4.78 is 46.2. The number of pyridine rings is 1. The third-order valence-corrected chi connectivity index (χ3v) is 5.25. The zero-order valence-electron chi connectivity index (χ0n) is 17.1. The Kier molecular flexibility index (Phi) is 5.44. The minimum atomic E-state index is -4.41. The quantitative estimate of drug-likeness (QED) is 0.684. The van der Waals surface area contributed by atoms with Gasteiger partial charge in [0.1, 0.15) is 5.69 Å². The van der Waals surface area contributed by atoms with E-state index in [1.54, 1.807) is 41.9 Å². The molecule has 1 fully saturated rings. The minimum absolute atomic E-state index is 0.112. The molecule has 31 heavy (non-hydrogen) atoms. The Hall–Kier alpha value is -2.98. The number of fused-ring (bicyclic) bond motifs is 1. The van der Waals surface area contributed by atoms with Gasteiger partial charge in [0.05, 0.1) is 17.8 Å². The number of nitrogens with two attached hydrogens (primary N) is 1. The first-order valence-corrected chi connectivity index (χ1v) is 9.77. The number of primary amides is 1. The molecule has 0 radical (unpaired) electrons. The SMILES string of the molecule is C[C@H]1CN(Cc2ccc3c(-c4cnn(C)c4)cc(C(N)=O)nc3c2)C[C@H](C(F)(F)F)O1. The van der Waals surface area contributed by atoms with E-state index < -0.39 is 24.3 Å². The Balaban J connectivity index is 1.68. The topological polar surface area (TPSA) is 86.3 Å². The van der Waals surface area contributed by atoms with Crippen LogP contribution in [0.5, 0.6) is 0 Å². The molecule has 3 heterocycles. The molecule has 2 atom stereocenters. The fourth-order valence-corrected chi connectivity index (χ4v) is 3.90. The molecular weight excluding hydrogens is 411 g/mol. The molecule has 0 saturated carbocycles. The van der Waals surface area contributed by atoms with Crippen molar-refractivity contribution in [2.24, 2.45) is 12.8 Å². The van der Waals surface area contributed by atoms with Gasteiger partial charge in [-0.1, -0.05) is 12.1 Å². The number of hydrogen-bond acceptors (Lipinski definition) is 5. The van der Waals surface area contributed by atoms with Crippen LogP contribution in [0.15, 0.2) is 36.7 Å². The fourth-order valence-electron chi connectivity index (χ4n) is 3.90. The molecule has 0 unspecified atom stereocenters. The van der Waals surface area contributed by atoms with Gasteiger partial charge in [0.2, 0.25) is 0 Å². The first-order valence-electron chi connectivity index (χ1n) is 9.77. The van der Waals surface area contributed by atoms with Crippen LogP contribution >= 0.6 is 0 Å². The summed E-state index contributed by atoms with van der Waals surface area (Å²) >= 11 is 0. The largest absolute Gasteiger partial charge is 0.415 e. The van der Waals surface area contributed by atoms with E-state index in [0.717, 1.165) is 22.1 Å². The molecule has 0 spiro atoms. The summed E-state index contributed by atoms with van der Waals surface area (Å²) in [5.74, 6) is -0.660. The van der Waals surface area contributed by atoms with Crippen LogP contribution in [-0.2, 0) is 18.3 Å². The van der Waals surface area contributed by atoms with Gasteiger partial charge in [-0.2, -0.15) is 18.3 Å². The number of amides is 1. The monoisotopic (exact) mass is 433 g/mol. The van der Waals surface area contributed by atoms with Crippen molar-refractivity contribution in [1.29, 1.82) is 0 Å². The highest BCUT2D eigenvalue weighted by molar-refractivity contribution is 6.00. The van der Waals surface area contributed by atoms with Gasteiger partial charge in [-0.15, -0.1) is 0 Å². The van der Waals surface area contributed by atoms with Crippen molar-refractivity contribution in [2.45, 2.75) is 31.9 Å².